The zero-order chi connectivity index (χ0) is 11.5. The van der Waals surface area contributed by atoms with Crippen molar-refractivity contribution in [2.24, 2.45) is 0 Å². The maximum Gasteiger partial charge on any atom is 0.156 e. The largest absolute Gasteiger partial charge is 0.505 e. The predicted octanol–water partition coefficient (Wildman–Crippen LogP) is 3.24. The summed E-state index contributed by atoms with van der Waals surface area (Å²) in [7, 11) is 0. The average molecular weight is 282 g/mol. The van der Waals surface area contributed by atoms with Crippen molar-refractivity contribution in [2.75, 3.05) is 6.61 Å². The van der Waals surface area contributed by atoms with Gasteiger partial charge in [-0.15, -0.1) is 0 Å². The molecule has 0 aliphatic carbocycles. The van der Waals surface area contributed by atoms with Crippen LogP contribution < -0.4 is 0 Å². The Morgan fingerprint density at radius 1 is 1.50 bits per heavy atom. The van der Waals surface area contributed by atoms with Crippen molar-refractivity contribution in [3.05, 3.63) is 34.4 Å². The zero-order valence-corrected chi connectivity index (χ0v) is 10.5. The van der Waals surface area contributed by atoms with E-state index >= 15 is 0 Å². The molecule has 2 aromatic rings. The second-order valence-corrected chi connectivity index (χ2v) is 4.26. The minimum Gasteiger partial charge on any atom is -0.505 e. The van der Waals surface area contributed by atoms with Gasteiger partial charge in [0.25, 0.3) is 0 Å². The number of pyridine rings is 1. The first-order chi connectivity index (χ1) is 7.74. The van der Waals surface area contributed by atoms with Crippen LogP contribution in [0.3, 0.4) is 0 Å². The zero-order valence-electron chi connectivity index (χ0n) is 8.90. The van der Waals surface area contributed by atoms with Crippen molar-refractivity contribution < 1.29 is 9.84 Å². The molecule has 0 unspecified atom stereocenters. The van der Waals surface area contributed by atoms with E-state index in [0.717, 1.165) is 10.9 Å². The second kappa shape index (κ2) is 4.80. The third-order valence-corrected chi connectivity index (χ3v) is 2.97. The summed E-state index contributed by atoms with van der Waals surface area (Å²) >= 11 is 3.31. The molecule has 0 aliphatic heterocycles. The fraction of sp³-hybridized carbons (Fsp3) is 0.250. The molecule has 2 rings (SSSR count). The van der Waals surface area contributed by atoms with Gasteiger partial charge in [-0.05, 0) is 40.5 Å². The first kappa shape index (κ1) is 11.4. The van der Waals surface area contributed by atoms with E-state index in [1.807, 2.05) is 25.1 Å². The maximum atomic E-state index is 9.86. The van der Waals surface area contributed by atoms with Gasteiger partial charge in [-0.3, -0.25) is 4.98 Å². The maximum absolute atomic E-state index is 9.86. The topological polar surface area (TPSA) is 42.4 Å². The molecule has 16 heavy (non-hydrogen) atoms. The first-order valence-electron chi connectivity index (χ1n) is 5.07. The van der Waals surface area contributed by atoms with E-state index in [9.17, 15) is 5.11 Å². The van der Waals surface area contributed by atoms with Crippen LogP contribution in [0.25, 0.3) is 10.9 Å². The van der Waals surface area contributed by atoms with E-state index in [4.69, 9.17) is 4.74 Å². The van der Waals surface area contributed by atoms with Crippen LogP contribution in [0, 0.1) is 0 Å². The fourth-order valence-corrected chi connectivity index (χ4v) is 2.06. The molecular weight excluding hydrogens is 270 g/mol. The molecule has 0 bridgehead atoms. The van der Waals surface area contributed by atoms with Crippen LogP contribution in [0.5, 0.6) is 5.75 Å². The van der Waals surface area contributed by atoms with Gasteiger partial charge in [0, 0.05) is 18.2 Å². The van der Waals surface area contributed by atoms with E-state index in [0.29, 0.717) is 23.2 Å². The van der Waals surface area contributed by atoms with Gasteiger partial charge in [0.2, 0.25) is 0 Å². The lowest BCUT2D eigenvalue weighted by atomic mass is 10.1. The number of halogens is 1. The highest BCUT2D eigenvalue weighted by Gasteiger charge is 2.10. The third-order valence-electron chi connectivity index (χ3n) is 2.37. The molecule has 1 aromatic heterocycles. The molecule has 84 valence electrons. The Kier molecular flexibility index (Phi) is 3.41. The van der Waals surface area contributed by atoms with Gasteiger partial charge in [-0.1, -0.05) is 6.07 Å². The summed E-state index contributed by atoms with van der Waals surface area (Å²) in [6.07, 6.45) is 1.67. The molecule has 1 N–H and O–H groups in total. The lowest BCUT2D eigenvalue weighted by Crippen LogP contribution is -1.94. The van der Waals surface area contributed by atoms with Gasteiger partial charge in [-0.2, -0.15) is 0 Å². The lowest BCUT2D eigenvalue weighted by Gasteiger charge is -2.09. The smallest absolute Gasteiger partial charge is 0.156 e. The fourth-order valence-electron chi connectivity index (χ4n) is 1.60. The molecule has 1 aromatic carbocycles. The molecule has 0 aliphatic rings. The van der Waals surface area contributed by atoms with Gasteiger partial charge >= 0.3 is 0 Å². The normalized spacial score (nSPS) is 10.9. The van der Waals surface area contributed by atoms with Crippen LogP contribution >= 0.6 is 15.9 Å². The molecular formula is C12H12BrNO2. The molecule has 1 heterocycles. The number of phenols is 1. The number of phenolic OH excluding ortho intramolecular Hbond substituents is 1. The molecule has 3 nitrogen and oxygen atoms in total. The van der Waals surface area contributed by atoms with E-state index < -0.39 is 0 Å². The molecule has 0 atom stereocenters. The summed E-state index contributed by atoms with van der Waals surface area (Å²) in [6, 6.07) is 5.66. The average Bonchev–Trinajstić information content (AvgIpc) is 2.32. The van der Waals surface area contributed by atoms with Crippen LogP contribution in [0.2, 0.25) is 0 Å². The summed E-state index contributed by atoms with van der Waals surface area (Å²) < 4.78 is 6.04. The Labute approximate surface area is 102 Å². The highest BCUT2D eigenvalue weighted by molar-refractivity contribution is 9.10. The van der Waals surface area contributed by atoms with Crippen LogP contribution in [0.15, 0.2) is 28.9 Å². The Morgan fingerprint density at radius 3 is 3.06 bits per heavy atom. The Balaban J connectivity index is 2.60. The highest BCUT2D eigenvalue weighted by atomic mass is 79.9. The Morgan fingerprint density at radius 2 is 2.31 bits per heavy atom. The molecule has 0 amide bonds. The number of nitrogens with zero attached hydrogens (tertiary/aromatic N) is 1. The quantitative estimate of drug-likeness (QED) is 0.939. The highest BCUT2D eigenvalue weighted by Crippen LogP contribution is 2.33. The number of rotatable bonds is 3. The van der Waals surface area contributed by atoms with Gasteiger partial charge in [0.1, 0.15) is 5.52 Å². The molecule has 0 saturated heterocycles. The van der Waals surface area contributed by atoms with Crippen LogP contribution in [-0.4, -0.2) is 16.7 Å². The SMILES string of the molecule is CCOCc1cc(Br)c(O)c2ncccc12. The predicted molar refractivity (Wildman–Crippen MR) is 66.4 cm³/mol. The molecule has 0 saturated carbocycles. The van der Waals surface area contributed by atoms with E-state index in [-0.39, 0.29) is 5.75 Å². The summed E-state index contributed by atoms with van der Waals surface area (Å²) in [4.78, 5) is 4.17. The summed E-state index contributed by atoms with van der Waals surface area (Å²) in [5, 5.41) is 10.8. The van der Waals surface area contributed by atoms with Crippen LogP contribution in [0.1, 0.15) is 12.5 Å². The van der Waals surface area contributed by atoms with E-state index in [1.54, 1.807) is 6.20 Å². The number of fused-ring (bicyclic) bond motifs is 1. The Bertz CT molecular complexity index is 514. The summed E-state index contributed by atoms with van der Waals surface area (Å²) in [5.74, 6) is 0.177. The van der Waals surface area contributed by atoms with E-state index in [2.05, 4.69) is 20.9 Å². The third kappa shape index (κ3) is 2.03. The van der Waals surface area contributed by atoms with Crippen molar-refractivity contribution in [2.45, 2.75) is 13.5 Å². The summed E-state index contributed by atoms with van der Waals surface area (Å²) in [6.45, 7) is 3.15. The van der Waals surface area contributed by atoms with Crippen molar-refractivity contribution in [1.29, 1.82) is 0 Å². The van der Waals surface area contributed by atoms with Gasteiger partial charge in [0.15, 0.2) is 5.75 Å². The second-order valence-electron chi connectivity index (χ2n) is 3.40. The summed E-state index contributed by atoms with van der Waals surface area (Å²) in [5.41, 5.74) is 1.63. The van der Waals surface area contributed by atoms with Crippen molar-refractivity contribution in [3.8, 4) is 5.75 Å². The van der Waals surface area contributed by atoms with Gasteiger partial charge in [0.05, 0.1) is 11.1 Å². The van der Waals surface area contributed by atoms with Crippen LogP contribution in [0.4, 0.5) is 0 Å². The van der Waals surface area contributed by atoms with Crippen molar-refractivity contribution in [1.82, 2.24) is 4.98 Å². The number of aromatic nitrogens is 1. The number of hydrogen-bond acceptors (Lipinski definition) is 3. The van der Waals surface area contributed by atoms with Crippen molar-refractivity contribution >= 4 is 26.8 Å². The molecule has 0 radical (unpaired) electrons. The minimum absolute atomic E-state index is 0.177. The Hall–Kier alpha value is -1.13. The van der Waals surface area contributed by atoms with Gasteiger partial charge in [-0.25, -0.2) is 0 Å². The lowest BCUT2D eigenvalue weighted by molar-refractivity contribution is 0.135. The standard InChI is InChI=1S/C12H12BrNO2/c1-2-16-7-8-6-10(13)12(15)11-9(8)4-3-5-14-11/h3-6,15H,2,7H2,1H3. The van der Waals surface area contributed by atoms with E-state index in [1.165, 1.54) is 0 Å². The number of aromatic hydroxyl groups is 1. The molecule has 0 fully saturated rings. The number of ether oxygens (including phenoxy) is 1. The first-order valence-corrected chi connectivity index (χ1v) is 5.86. The minimum atomic E-state index is 0.177. The number of hydrogen-bond donors (Lipinski definition) is 1. The molecule has 0 spiro atoms. The molecule has 4 heteroatoms. The van der Waals surface area contributed by atoms with Crippen molar-refractivity contribution in [3.63, 3.8) is 0 Å². The van der Waals surface area contributed by atoms with Gasteiger partial charge < -0.3 is 9.84 Å². The monoisotopic (exact) mass is 281 g/mol. The van der Waals surface area contributed by atoms with Crippen LogP contribution in [-0.2, 0) is 11.3 Å². The number of benzene rings is 1.